The molecular weight excluding hydrogens is 392 g/mol. The monoisotopic (exact) mass is 408 g/mol. The van der Waals surface area contributed by atoms with Crippen LogP contribution in [0.5, 0.6) is 0 Å². The topological polar surface area (TPSA) is 114 Å². The first-order valence-electron chi connectivity index (χ1n) is 8.24. The number of para-hydroxylation sites is 1. The van der Waals surface area contributed by atoms with Gasteiger partial charge in [-0.3, -0.25) is 20.3 Å². The Kier molecular flexibility index (Phi) is 5.62. The Balaban J connectivity index is 1.99. The number of hydrazone groups is 1. The molecule has 142 valence electrons. The van der Waals surface area contributed by atoms with Crippen molar-refractivity contribution in [3.63, 3.8) is 0 Å². The van der Waals surface area contributed by atoms with Crippen molar-refractivity contribution in [2.24, 2.45) is 5.10 Å². The zero-order valence-corrected chi connectivity index (χ0v) is 15.8. The molecule has 2 aromatic rings. The minimum atomic E-state index is -4.14. The number of anilines is 2. The van der Waals surface area contributed by atoms with E-state index >= 15 is 0 Å². The van der Waals surface area contributed by atoms with Crippen molar-refractivity contribution in [2.75, 3.05) is 10.1 Å². The van der Waals surface area contributed by atoms with Crippen molar-refractivity contribution in [1.29, 1.82) is 0 Å². The van der Waals surface area contributed by atoms with E-state index in [0.717, 1.165) is 37.5 Å². The number of non-ortho nitro benzene ring substituents is 1. The Morgan fingerprint density at radius 3 is 2.44 bits per heavy atom. The Labute approximate surface area is 161 Å². The summed E-state index contributed by atoms with van der Waals surface area (Å²) in [4.78, 5) is 10.2. The molecule has 0 bridgehead atoms. The Bertz CT molecular complexity index is 1000. The maximum absolute atomic E-state index is 12.9. The fraction of sp³-hybridized carbons (Fsp3) is 0.235. The zero-order chi connectivity index (χ0) is 19.4. The smallest absolute Gasteiger partial charge is 0.270 e. The molecule has 0 aliphatic heterocycles. The van der Waals surface area contributed by atoms with Crippen molar-refractivity contribution >= 4 is 44.4 Å². The summed E-state index contributed by atoms with van der Waals surface area (Å²) in [5, 5.41) is 15.6. The predicted octanol–water partition coefficient (Wildman–Crippen LogP) is 4.39. The lowest BCUT2D eigenvalue weighted by atomic mass is 10.3. The van der Waals surface area contributed by atoms with Gasteiger partial charge in [0.1, 0.15) is 4.90 Å². The van der Waals surface area contributed by atoms with Crippen molar-refractivity contribution in [3.05, 3.63) is 57.6 Å². The molecular formula is C17H17ClN4O4S. The van der Waals surface area contributed by atoms with Crippen LogP contribution in [-0.4, -0.2) is 19.1 Å². The molecule has 0 amide bonds. The highest BCUT2D eigenvalue weighted by Gasteiger charge is 2.23. The summed E-state index contributed by atoms with van der Waals surface area (Å²) in [6.45, 7) is 0. The predicted molar refractivity (Wildman–Crippen MR) is 105 cm³/mol. The molecule has 0 heterocycles. The van der Waals surface area contributed by atoms with Gasteiger partial charge in [0, 0.05) is 17.8 Å². The van der Waals surface area contributed by atoms with Crippen molar-refractivity contribution in [3.8, 4) is 0 Å². The van der Waals surface area contributed by atoms with Gasteiger partial charge < -0.3 is 0 Å². The molecule has 0 atom stereocenters. The Morgan fingerprint density at radius 1 is 1.07 bits per heavy atom. The molecule has 0 radical (unpaired) electrons. The first-order valence-corrected chi connectivity index (χ1v) is 10.1. The first kappa shape index (κ1) is 19.1. The molecule has 0 saturated heterocycles. The van der Waals surface area contributed by atoms with E-state index < -0.39 is 14.9 Å². The molecule has 8 nitrogen and oxygen atoms in total. The average Bonchev–Trinajstić information content (AvgIpc) is 3.15. The van der Waals surface area contributed by atoms with Crippen LogP contribution in [0.3, 0.4) is 0 Å². The van der Waals surface area contributed by atoms with Crippen LogP contribution >= 0.6 is 11.6 Å². The highest BCUT2D eigenvalue weighted by molar-refractivity contribution is 7.93. The minimum absolute atomic E-state index is 0.152. The summed E-state index contributed by atoms with van der Waals surface area (Å²) in [7, 11) is -4.14. The van der Waals surface area contributed by atoms with E-state index in [-0.39, 0.29) is 27.0 Å². The second-order valence-corrected chi connectivity index (χ2v) is 8.08. The molecule has 1 fully saturated rings. The Morgan fingerprint density at radius 2 is 1.78 bits per heavy atom. The summed E-state index contributed by atoms with van der Waals surface area (Å²) in [5.41, 5.74) is 3.67. The fourth-order valence-corrected chi connectivity index (χ4v) is 4.21. The first-order chi connectivity index (χ1) is 12.9. The number of sulfonamides is 1. The molecule has 1 aliphatic rings. The van der Waals surface area contributed by atoms with Crippen LogP contribution in [-0.2, 0) is 10.0 Å². The van der Waals surface area contributed by atoms with Crippen LogP contribution in [0.4, 0.5) is 17.1 Å². The summed E-state index contributed by atoms with van der Waals surface area (Å²) in [6.07, 6.45) is 3.78. The third kappa shape index (κ3) is 4.55. The maximum atomic E-state index is 12.9. The number of hydrogen-bond acceptors (Lipinski definition) is 6. The van der Waals surface area contributed by atoms with Crippen LogP contribution in [0.2, 0.25) is 5.02 Å². The highest BCUT2D eigenvalue weighted by Crippen LogP contribution is 2.30. The van der Waals surface area contributed by atoms with E-state index in [4.69, 9.17) is 11.6 Å². The lowest BCUT2D eigenvalue weighted by Gasteiger charge is -2.13. The standard InChI is InChI=1S/C17H17ClN4O4S/c18-14-7-3-4-8-15(14)21-27(25,26)17-11-13(22(23)24)9-10-16(17)20-19-12-5-1-2-6-12/h3-4,7-11,20-21H,1-2,5-6H2. The largest absolute Gasteiger partial charge is 0.278 e. The molecule has 2 N–H and O–H groups in total. The van der Waals surface area contributed by atoms with Gasteiger partial charge in [0.2, 0.25) is 0 Å². The number of nitro benzene ring substituents is 1. The van der Waals surface area contributed by atoms with Crippen molar-refractivity contribution in [1.82, 2.24) is 0 Å². The van der Waals surface area contributed by atoms with Gasteiger partial charge in [0.25, 0.3) is 15.7 Å². The van der Waals surface area contributed by atoms with Crippen LogP contribution in [0.1, 0.15) is 25.7 Å². The maximum Gasteiger partial charge on any atom is 0.270 e. The molecule has 27 heavy (non-hydrogen) atoms. The molecule has 1 aliphatic carbocycles. The van der Waals surface area contributed by atoms with Gasteiger partial charge in [-0.1, -0.05) is 23.7 Å². The van der Waals surface area contributed by atoms with Gasteiger partial charge in [-0.15, -0.1) is 0 Å². The van der Waals surface area contributed by atoms with Gasteiger partial charge in [0.15, 0.2) is 0 Å². The number of hydrogen-bond donors (Lipinski definition) is 2. The van der Waals surface area contributed by atoms with Gasteiger partial charge in [0.05, 0.1) is 21.3 Å². The van der Waals surface area contributed by atoms with Crippen LogP contribution < -0.4 is 10.1 Å². The molecule has 10 heteroatoms. The number of nitrogens with zero attached hydrogens (tertiary/aromatic N) is 2. The number of nitrogens with one attached hydrogen (secondary N) is 2. The van der Waals surface area contributed by atoms with E-state index in [1.165, 1.54) is 24.3 Å². The number of benzene rings is 2. The fourth-order valence-electron chi connectivity index (χ4n) is 2.72. The van der Waals surface area contributed by atoms with Gasteiger partial charge in [-0.2, -0.15) is 5.10 Å². The second kappa shape index (κ2) is 7.93. The Hall–Kier alpha value is -2.65. The summed E-state index contributed by atoms with van der Waals surface area (Å²) >= 11 is 6.01. The average molecular weight is 409 g/mol. The van der Waals surface area contributed by atoms with Gasteiger partial charge >= 0.3 is 0 Å². The van der Waals surface area contributed by atoms with Crippen LogP contribution in [0, 0.1) is 10.1 Å². The number of halogens is 1. The summed E-state index contributed by atoms with van der Waals surface area (Å²) in [5.74, 6) is 0. The van der Waals surface area contributed by atoms with E-state index in [1.54, 1.807) is 12.1 Å². The highest BCUT2D eigenvalue weighted by atomic mass is 35.5. The van der Waals surface area contributed by atoms with Gasteiger partial charge in [-0.25, -0.2) is 8.42 Å². The molecule has 0 spiro atoms. The van der Waals surface area contributed by atoms with Crippen LogP contribution in [0.25, 0.3) is 0 Å². The lowest BCUT2D eigenvalue weighted by Crippen LogP contribution is -2.15. The quantitative estimate of drug-likeness (QED) is 0.543. The van der Waals surface area contributed by atoms with Crippen molar-refractivity contribution in [2.45, 2.75) is 30.6 Å². The number of nitro groups is 1. The third-order valence-corrected chi connectivity index (χ3v) is 5.83. The molecule has 0 unspecified atom stereocenters. The van der Waals surface area contributed by atoms with Crippen LogP contribution in [0.15, 0.2) is 52.5 Å². The molecule has 1 saturated carbocycles. The van der Waals surface area contributed by atoms with Crippen molar-refractivity contribution < 1.29 is 13.3 Å². The van der Waals surface area contributed by atoms with Gasteiger partial charge in [-0.05, 0) is 43.9 Å². The third-order valence-electron chi connectivity index (χ3n) is 4.10. The van der Waals surface area contributed by atoms with E-state index in [1.807, 2.05) is 0 Å². The van der Waals surface area contributed by atoms with E-state index in [9.17, 15) is 18.5 Å². The molecule has 0 aromatic heterocycles. The second-order valence-electron chi connectivity index (χ2n) is 6.02. The molecule has 3 rings (SSSR count). The summed E-state index contributed by atoms with van der Waals surface area (Å²) < 4.78 is 28.1. The van der Waals surface area contributed by atoms with E-state index in [2.05, 4.69) is 15.2 Å². The SMILES string of the molecule is O=[N+]([O-])c1ccc(NN=C2CCCC2)c(S(=O)(=O)Nc2ccccc2Cl)c1. The minimum Gasteiger partial charge on any atom is -0.278 e. The zero-order valence-electron chi connectivity index (χ0n) is 14.2. The van der Waals surface area contributed by atoms with E-state index in [0.29, 0.717) is 0 Å². The number of rotatable bonds is 6. The molecule has 2 aromatic carbocycles. The summed E-state index contributed by atoms with van der Waals surface area (Å²) in [6, 6.07) is 9.89. The normalized spacial score (nSPS) is 14.0. The lowest BCUT2D eigenvalue weighted by molar-refractivity contribution is -0.385.